The van der Waals surface area contributed by atoms with Crippen molar-refractivity contribution in [1.29, 1.82) is 0 Å². The quantitative estimate of drug-likeness (QED) is 0.240. The molecule has 14 nitrogen and oxygen atoms in total. The number of rotatable bonds is 13. The molecule has 45 heavy (non-hydrogen) atoms. The lowest BCUT2D eigenvalue weighted by molar-refractivity contribution is -0.156. The second-order valence-electron chi connectivity index (χ2n) is 11.5. The average molecular weight is 622 g/mol. The zero-order valence-corrected chi connectivity index (χ0v) is 26.2. The molecule has 0 radical (unpaired) electrons. The number of ketones is 1. The van der Waals surface area contributed by atoms with Gasteiger partial charge in [-0.05, 0) is 49.6 Å². The van der Waals surface area contributed by atoms with E-state index in [-0.39, 0.29) is 29.8 Å². The second kappa shape index (κ2) is 15.5. The summed E-state index contributed by atoms with van der Waals surface area (Å²) in [5.74, 6) is -2.07. The fourth-order valence-corrected chi connectivity index (χ4v) is 4.09. The molecular weight excluding hydrogens is 582 g/mol. The molecule has 3 aromatic rings. The smallest absolute Gasteiger partial charge is 0.408 e. The Morgan fingerprint density at radius 2 is 1.67 bits per heavy atom. The minimum atomic E-state index is -1.29. The van der Waals surface area contributed by atoms with Gasteiger partial charge in [0.05, 0.1) is 6.42 Å². The Labute approximate surface area is 261 Å². The molecule has 2 aromatic carbocycles. The maximum Gasteiger partial charge on any atom is 0.408 e. The van der Waals surface area contributed by atoms with Gasteiger partial charge in [0.2, 0.25) is 11.7 Å². The molecule has 0 aliphatic heterocycles. The van der Waals surface area contributed by atoms with Gasteiger partial charge in [0.25, 0.3) is 5.91 Å². The SMILES string of the molecule is CNC(=O)C(NC(=O)c1cccc(-c2nnn(CC(=O)C(CC(=O)OC(C)(C)C)NC(=O)OCc3ccccc3)n2)c1)C(C)C. The van der Waals surface area contributed by atoms with Crippen LogP contribution in [-0.4, -0.2) is 74.6 Å². The van der Waals surface area contributed by atoms with E-state index in [2.05, 4.69) is 31.4 Å². The lowest BCUT2D eigenvalue weighted by Gasteiger charge is -2.22. The van der Waals surface area contributed by atoms with Crippen LogP contribution < -0.4 is 16.0 Å². The van der Waals surface area contributed by atoms with E-state index in [1.54, 1.807) is 63.2 Å². The molecule has 3 N–H and O–H groups in total. The van der Waals surface area contributed by atoms with Crippen LogP contribution in [0, 0.1) is 5.92 Å². The highest BCUT2D eigenvalue weighted by atomic mass is 16.6. The lowest BCUT2D eigenvalue weighted by Crippen LogP contribution is -2.48. The molecule has 0 saturated carbocycles. The van der Waals surface area contributed by atoms with E-state index in [4.69, 9.17) is 9.47 Å². The first-order valence-electron chi connectivity index (χ1n) is 14.4. The molecule has 14 heteroatoms. The topological polar surface area (TPSA) is 183 Å². The number of carbonyl (C=O) groups is 5. The zero-order chi connectivity index (χ0) is 33.1. The minimum absolute atomic E-state index is 0.0327. The van der Waals surface area contributed by atoms with Crippen molar-refractivity contribution in [2.24, 2.45) is 5.92 Å². The third-order valence-electron chi connectivity index (χ3n) is 6.30. The van der Waals surface area contributed by atoms with Gasteiger partial charge in [0, 0.05) is 18.2 Å². The predicted molar refractivity (Wildman–Crippen MR) is 162 cm³/mol. The van der Waals surface area contributed by atoms with Crippen molar-refractivity contribution in [2.75, 3.05) is 7.05 Å². The van der Waals surface area contributed by atoms with E-state index >= 15 is 0 Å². The van der Waals surface area contributed by atoms with Gasteiger partial charge in [0.15, 0.2) is 5.78 Å². The standard InChI is InChI=1S/C31H39N7O7/c1-19(2)26(29(42)32-6)34-28(41)22-14-10-13-21(15-22)27-35-37-38(36-27)17-24(39)23(16-25(40)45-31(3,4)5)33-30(43)44-18-20-11-8-7-9-12-20/h7-15,19,23,26H,16-18H2,1-6H3,(H,32,42)(H,33,43)(H,34,41). The van der Waals surface area contributed by atoms with Crippen LogP contribution in [0.4, 0.5) is 4.79 Å². The summed E-state index contributed by atoms with van der Waals surface area (Å²) in [6, 6.07) is 13.4. The van der Waals surface area contributed by atoms with Gasteiger partial charge in [-0.15, -0.1) is 10.2 Å². The summed E-state index contributed by atoms with van der Waals surface area (Å²) < 4.78 is 10.6. The molecule has 0 aliphatic carbocycles. The summed E-state index contributed by atoms with van der Waals surface area (Å²) in [4.78, 5) is 64.4. The number of ether oxygens (including phenoxy) is 2. The number of nitrogens with one attached hydrogen (secondary N) is 3. The molecule has 0 fully saturated rings. The summed E-state index contributed by atoms with van der Waals surface area (Å²) in [7, 11) is 1.50. The van der Waals surface area contributed by atoms with Crippen LogP contribution in [0.15, 0.2) is 54.6 Å². The highest BCUT2D eigenvalue weighted by molar-refractivity contribution is 5.98. The molecule has 3 amide bonds. The molecule has 0 aliphatic rings. The number of amides is 3. The van der Waals surface area contributed by atoms with Crippen molar-refractivity contribution in [3.05, 3.63) is 65.7 Å². The molecule has 1 aromatic heterocycles. The Kier molecular flexibility index (Phi) is 11.9. The van der Waals surface area contributed by atoms with Gasteiger partial charge in [-0.1, -0.05) is 56.3 Å². The Bertz CT molecular complexity index is 1500. The summed E-state index contributed by atoms with van der Waals surface area (Å²) >= 11 is 0. The summed E-state index contributed by atoms with van der Waals surface area (Å²) in [5, 5.41) is 19.9. The molecule has 1 heterocycles. The van der Waals surface area contributed by atoms with Gasteiger partial charge >= 0.3 is 12.1 Å². The average Bonchev–Trinajstić information content (AvgIpc) is 3.46. The van der Waals surface area contributed by atoms with Crippen molar-refractivity contribution in [1.82, 2.24) is 36.2 Å². The van der Waals surface area contributed by atoms with Crippen molar-refractivity contribution >= 4 is 29.7 Å². The van der Waals surface area contributed by atoms with Crippen LogP contribution in [0.5, 0.6) is 0 Å². The first-order chi connectivity index (χ1) is 21.3. The number of nitrogens with zero attached hydrogens (tertiary/aromatic N) is 4. The first-order valence-corrected chi connectivity index (χ1v) is 14.4. The van der Waals surface area contributed by atoms with E-state index in [1.165, 1.54) is 13.1 Å². The number of hydrogen-bond donors (Lipinski definition) is 3. The number of aromatic nitrogens is 4. The van der Waals surface area contributed by atoms with Crippen LogP contribution in [0.3, 0.4) is 0 Å². The number of esters is 1. The molecule has 2 atom stereocenters. The first kappa shape index (κ1) is 34.4. The van der Waals surface area contributed by atoms with Crippen molar-refractivity contribution in [3.63, 3.8) is 0 Å². The predicted octanol–water partition coefficient (Wildman–Crippen LogP) is 2.44. The Balaban J connectivity index is 1.71. The van der Waals surface area contributed by atoms with Crippen molar-refractivity contribution in [2.45, 2.75) is 71.9 Å². The summed E-state index contributed by atoms with van der Waals surface area (Å²) in [5.41, 5.74) is 0.653. The molecule has 0 bridgehead atoms. The third-order valence-corrected chi connectivity index (χ3v) is 6.30. The van der Waals surface area contributed by atoms with Gasteiger partial charge in [-0.3, -0.25) is 19.2 Å². The fraction of sp³-hybridized carbons (Fsp3) is 0.419. The Hall–Kier alpha value is -5.14. The monoisotopic (exact) mass is 621 g/mol. The Morgan fingerprint density at radius 3 is 2.31 bits per heavy atom. The number of carbonyl (C=O) groups excluding carboxylic acids is 5. The fourth-order valence-electron chi connectivity index (χ4n) is 4.09. The molecule has 2 unspecified atom stereocenters. The maximum atomic E-state index is 13.3. The molecule has 240 valence electrons. The second-order valence-corrected chi connectivity index (χ2v) is 11.5. The number of alkyl carbamates (subject to hydrolysis) is 1. The highest BCUT2D eigenvalue weighted by Gasteiger charge is 2.29. The molecule has 0 spiro atoms. The van der Waals surface area contributed by atoms with Gasteiger partial charge in [-0.25, -0.2) is 4.79 Å². The van der Waals surface area contributed by atoms with Gasteiger partial charge in [0.1, 0.15) is 30.8 Å². The van der Waals surface area contributed by atoms with Crippen LogP contribution in [0.2, 0.25) is 0 Å². The van der Waals surface area contributed by atoms with Crippen molar-refractivity contribution in [3.8, 4) is 11.4 Å². The number of Topliss-reactive ketones (excluding diaryl/α,β-unsaturated/α-hetero) is 1. The van der Waals surface area contributed by atoms with Crippen LogP contribution >= 0.6 is 0 Å². The summed E-state index contributed by atoms with van der Waals surface area (Å²) in [6.07, 6.45) is -1.33. The van der Waals surface area contributed by atoms with E-state index < -0.39 is 54.4 Å². The van der Waals surface area contributed by atoms with E-state index in [0.717, 1.165) is 10.4 Å². The van der Waals surface area contributed by atoms with Crippen LogP contribution in [0.1, 0.15) is 57.0 Å². The highest BCUT2D eigenvalue weighted by Crippen LogP contribution is 2.17. The number of benzene rings is 2. The van der Waals surface area contributed by atoms with E-state index in [1.807, 2.05) is 19.9 Å². The zero-order valence-electron chi connectivity index (χ0n) is 26.2. The summed E-state index contributed by atoms with van der Waals surface area (Å²) in [6.45, 7) is 8.24. The van der Waals surface area contributed by atoms with Crippen LogP contribution in [0.25, 0.3) is 11.4 Å². The Morgan fingerprint density at radius 1 is 0.956 bits per heavy atom. The normalized spacial score (nSPS) is 12.5. The third kappa shape index (κ3) is 10.8. The largest absolute Gasteiger partial charge is 0.460 e. The lowest BCUT2D eigenvalue weighted by atomic mass is 10.0. The molecule has 3 rings (SSSR count). The molecular formula is C31H39N7O7. The number of tetrazole rings is 1. The minimum Gasteiger partial charge on any atom is -0.460 e. The van der Waals surface area contributed by atoms with Crippen LogP contribution in [-0.2, 0) is 37.0 Å². The number of likely N-dealkylation sites (N-methyl/N-ethyl adjacent to an activating group) is 1. The van der Waals surface area contributed by atoms with E-state index in [0.29, 0.717) is 5.56 Å². The number of hydrogen-bond acceptors (Lipinski definition) is 10. The van der Waals surface area contributed by atoms with E-state index in [9.17, 15) is 24.0 Å². The van der Waals surface area contributed by atoms with Gasteiger partial charge < -0.3 is 25.4 Å². The van der Waals surface area contributed by atoms with Gasteiger partial charge in [-0.2, -0.15) is 4.80 Å². The molecule has 0 saturated heterocycles. The maximum absolute atomic E-state index is 13.3. The van der Waals surface area contributed by atoms with Crippen molar-refractivity contribution < 1.29 is 33.4 Å².